The van der Waals surface area contributed by atoms with Gasteiger partial charge in [-0.15, -0.1) is 0 Å². The van der Waals surface area contributed by atoms with Gasteiger partial charge in [0.2, 0.25) is 0 Å². The van der Waals surface area contributed by atoms with Crippen molar-refractivity contribution in [3.8, 4) is 11.1 Å². The van der Waals surface area contributed by atoms with E-state index in [2.05, 4.69) is 123 Å². The van der Waals surface area contributed by atoms with Gasteiger partial charge in [-0.3, -0.25) is 0 Å². The summed E-state index contributed by atoms with van der Waals surface area (Å²) in [5, 5.41) is 4.88. The smallest absolute Gasteiger partial charge is 0.135 e. The van der Waals surface area contributed by atoms with Crippen molar-refractivity contribution in [3.05, 3.63) is 119 Å². The first-order valence-electron chi connectivity index (χ1n) is 11.4. The molecule has 158 valence electrons. The molecule has 0 N–H and O–H groups in total. The second kappa shape index (κ2) is 7.79. The summed E-state index contributed by atoms with van der Waals surface area (Å²) in [5.41, 5.74) is 9.24. The molecule has 0 aliphatic rings. The van der Waals surface area contributed by atoms with Crippen molar-refractivity contribution < 1.29 is 4.42 Å². The quantitative estimate of drug-likeness (QED) is 0.258. The molecule has 1 heteroatoms. The van der Waals surface area contributed by atoms with Crippen LogP contribution in [-0.4, -0.2) is 0 Å². The van der Waals surface area contributed by atoms with Crippen molar-refractivity contribution in [2.75, 3.05) is 0 Å². The third kappa shape index (κ3) is 3.52. The monoisotopic (exact) mass is 424 g/mol. The standard InChI is InChI=1S/C32H24O/c1-21-7-10-23(11-8-21)12-13-24-14-17-31-29(19-24)30-20-25(15-18-32(30)33-31)27-16-9-22(2)26-5-3-4-6-28(26)27/h3-20H,1-2H3/b13-12+. The molecule has 0 atom stereocenters. The molecule has 1 aromatic heterocycles. The van der Waals surface area contributed by atoms with E-state index in [-0.39, 0.29) is 0 Å². The number of furan rings is 1. The second-order valence-electron chi connectivity index (χ2n) is 8.79. The van der Waals surface area contributed by atoms with Gasteiger partial charge in [0, 0.05) is 10.8 Å². The molecule has 33 heavy (non-hydrogen) atoms. The van der Waals surface area contributed by atoms with Crippen LogP contribution in [0.5, 0.6) is 0 Å². The number of hydrogen-bond donors (Lipinski definition) is 0. The highest BCUT2D eigenvalue weighted by Gasteiger charge is 2.11. The molecule has 0 spiro atoms. The van der Waals surface area contributed by atoms with Crippen LogP contribution in [0.1, 0.15) is 22.3 Å². The summed E-state index contributed by atoms with van der Waals surface area (Å²) in [5.74, 6) is 0. The minimum absolute atomic E-state index is 0.920. The summed E-state index contributed by atoms with van der Waals surface area (Å²) < 4.78 is 6.16. The van der Waals surface area contributed by atoms with Gasteiger partial charge in [0.05, 0.1) is 0 Å². The Morgan fingerprint density at radius 2 is 1.21 bits per heavy atom. The first-order valence-corrected chi connectivity index (χ1v) is 11.4. The molecular weight excluding hydrogens is 400 g/mol. The minimum Gasteiger partial charge on any atom is -0.456 e. The van der Waals surface area contributed by atoms with Crippen LogP contribution < -0.4 is 0 Å². The molecule has 6 aromatic rings. The van der Waals surface area contributed by atoms with Crippen LogP contribution in [0.4, 0.5) is 0 Å². The van der Waals surface area contributed by atoms with Gasteiger partial charge in [-0.05, 0) is 76.7 Å². The van der Waals surface area contributed by atoms with E-state index >= 15 is 0 Å². The van der Waals surface area contributed by atoms with Crippen molar-refractivity contribution in [1.29, 1.82) is 0 Å². The van der Waals surface area contributed by atoms with Crippen LogP contribution in [0.15, 0.2) is 101 Å². The zero-order valence-electron chi connectivity index (χ0n) is 18.8. The molecule has 0 saturated carbocycles. The molecule has 0 unspecified atom stereocenters. The van der Waals surface area contributed by atoms with Crippen LogP contribution in [0.25, 0.3) is 56.0 Å². The Morgan fingerprint density at radius 3 is 2.03 bits per heavy atom. The van der Waals surface area contributed by atoms with E-state index in [1.54, 1.807) is 0 Å². The normalized spacial score (nSPS) is 11.8. The molecule has 1 heterocycles. The average Bonchev–Trinajstić information content (AvgIpc) is 3.21. The lowest BCUT2D eigenvalue weighted by Gasteiger charge is -2.09. The Balaban J connectivity index is 1.47. The molecule has 0 aliphatic carbocycles. The summed E-state index contributed by atoms with van der Waals surface area (Å²) >= 11 is 0. The molecule has 0 saturated heterocycles. The van der Waals surface area contributed by atoms with Crippen molar-refractivity contribution >= 4 is 44.9 Å². The van der Waals surface area contributed by atoms with Crippen molar-refractivity contribution in [2.45, 2.75) is 13.8 Å². The summed E-state index contributed by atoms with van der Waals surface area (Å²) in [6.45, 7) is 4.28. The predicted molar refractivity (Wildman–Crippen MR) is 142 cm³/mol. The maximum Gasteiger partial charge on any atom is 0.135 e. The molecule has 0 amide bonds. The number of fused-ring (bicyclic) bond motifs is 4. The third-order valence-electron chi connectivity index (χ3n) is 6.49. The molecule has 0 bridgehead atoms. The maximum absolute atomic E-state index is 6.16. The number of hydrogen-bond acceptors (Lipinski definition) is 1. The van der Waals surface area contributed by atoms with Crippen LogP contribution in [-0.2, 0) is 0 Å². The highest BCUT2D eigenvalue weighted by atomic mass is 16.3. The van der Waals surface area contributed by atoms with Crippen molar-refractivity contribution in [1.82, 2.24) is 0 Å². The lowest BCUT2D eigenvalue weighted by atomic mass is 9.94. The Labute approximate surface area is 193 Å². The van der Waals surface area contributed by atoms with E-state index < -0.39 is 0 Å². The number of benzene rings is 5. The number of aryl methyl sites for hydroxylation is 2. The van der Waals surface area contributed by atoms with E-state index in [1.165, 1.54) is 38.6 Å². The fourth-order valence-corrected chi connectivity index (χ4v) is 4.64. The zero-order chi connectivity index (χ0) is 22.4. The third-order valence-corrected chi connectivity index (χ3v) is 6.49. The lowest BCUT2D eigenvalue weighted by molar-refractivity contribution is 0.669. The van der Waals surface area contributed by atoms with E-state index in [9.17, 15) is 0 Å². The van der Waals surface area contributed by atoms with Crippen molar-refractivity contribution in [2.24, 2.45) is 0 Å². The van der Waals surface area contributed by atoms with Crippen molar-refractivity contribution in [3.63, 3.8) is 0 Å². The van der Waals surface area contributed by atoms with E-state index in [1.807, 2.05) is 0 Å². The Bertz CT molecular complexity index is 1660. The van der Waals surface area contributed by atoms with Gasteiger partial charge in [-0.1, -0.05) is 90.5 Å². The predicted octanol–water partition coefficient (Wildman–Crippen LogP) is 9.19. The average molecular weight is 425 g/mol. The molecule has 6 rings (SSSR count). The molecule has 0 fully saturated rings. The van der Waals surface area contributed by atoms with E-state index in [0.717, 1.165) is 27.5 Å². The van der Waals surface area contributed by atoms with Gasteiger partial charge in [0.1, 0.15) is 11.2 Å². The van der Waals surface area contributed by atoms with Gasteiger partial charge in [-0.2, -0.15) is 0 Å². The Morgan fingerprint density at radius 1 is 0.545 bits per heavy atom. The first-order chi connectivity index (χ1) is 16.2. The fraction of sp³-hybridized carbons (Fsp3) is 0.0625. The maximum atomic E-state index is 6.16. The largest absolute Gasteiger partial charge is 0.456 e. The van der Waals surface area contributed by atoms with Gasteiger partial charge in [0.15, 0.2) is 0 Å². The Kier molecular flexibility index (Phi) is 4.62. The highest BCUT2D eigenvalue weighted by molar-refractivity contribution is 6.08. The summed E-state index contributed by atoms with van der Waals surface area (Å²) in [4.78, 5) is 0. The SMILES string of the molecule is Cc1ccc(/C=C/c2ccc3oc4ccc(-c5ccc(C)c6ccccc56)cc4c3c2)cc1. The molecular formula is C32H24O. The van der Waals surface area contributed by atoms with Crippen LogP contribution >= 0.6 is 0 Å². The van der Waals surface area contributed by atoms with Gasteiger partial charge >= 0.3 is 0 Å². The van der Waals surface area contributed by atoms with E-state index in [0.29, 0.717) is 0 Å². The van der Waals surface area contributed by atoms with Crippen LogP contribution in [0.3, 0.4) is 0 Å². The summed E-state index contributed by atoms with van der Waals surface area (Å²) in [6, 6.07) is 34.6. The highest BCUT2D eigenvalue weighted by Crippen LogP contribution is 2.36. The molecule has 1 nitrogen and oxygen atoms in total. The number of rotatable bonds is 3. The topological polar surface area (TPSA) is 13.1 Å². The van der Waals surface area contributed by atoms with Crippen LogP contribution in [0, 0.1) is 13.8 Å². The van der Waals surface area contributed by atoms with E-state index in [4.69, 9.17) is 4.42 Å². The van der Waals surface area contributed by atoms with Gasteiger partial charge in [0.25, 0.3) is 0 Å². The second-order valence-corrected chi connectivity index (χ2v) is 8.79. The Hall–Kier alpha value is -4.10. The zero-order valence-corrected chi connectivity index (χ0v) is 18.8. The molecule has 0 radical (unpaired) electrons. The first kappa shape index (κ1) is 19.6. The van der Waals surface area contributed by atoms with Gasteiger partial charge in [-0.25, -0.2) is 0 Å². The summed E-state index contributed by atoms with van der Waals surface area (Å²) in [6.07, 6.45) is 4.33. The fourth-order valence-electron chi connectivity index (χ4n) is 4.64. The van der Waals surface area contributed by atoms with Crippen LogP contribution in [0.2, 0.25) is 0 Å². The summed E-state index contributed by atoms with van der Waals surface area (Å²) in [7, 11) is 0. The van der Waals surface area contributed by atoms with Gasteiger partial charge < -0.3 is 4.42 Å². The molecule has 0 aliphatic heterocycles. The minimum atomic E-state index is 0.920. The lowest BCUT2D eigenvalue weighted by Crippen LogP contribution is -1.84. The molecule has 5 aromatic carbocycles.